The molecule has 0 unspecified atom stereocenters. The number of imidazole rings is 1. The standard InChI is InChI=1S/C17H15F2IN2Si/c1-23-17(22-11-10-21-16(22)20,12-2-6-14(18)7-3-12)13-4-8-15(19)9-5-13/h2-11H,23H2,1H3. The van der Waals surface area contributed by atoms with Crippen LogP contribution in [0.25, 0.3) is 0 Å². The van der Waals surface area contributed by atoms with Crippen LogP contribution in [0, 0.1) is 15.5 Å². The summed E-state index contributed by atoms with van der Waals surface area (Å²) in [4.78, 5) is 4.34. The Bertz CT molecular complexity index is 755. The van der Waals surface area contributed by atoms with Gasteiger partial charge in [0.05, 0.1) is 14.7 Å². The third-order valence-corrected chi connectivity index (χ3v) is 7.14. The zero-order chi connectivity index (χ0) is 16.4. The van der Waals surface area contributed by atoms with E-state index in [4.69, 9.17) is 0 Å². The van der Waals surface area contributed by atoms with Crippen molar-refractivity contribution in [2.24, 2.45) is 0 Å². The molecule has 0 radical (unpaired) electrons. The summed E-state index contributed by atoms with van der Waals surface area (Å²) in [6.45, 7) is 2.20. The molecule has 0 spiro atoms. The van der Waals surface area contributed by atoms with Gasteiger partial charge in [-0.3, -0.25) is 0 Å². The Morgan fingerprint density at radius 1 is 0.957 bits per heavy atom. The second-order valence-electron chi connectivity index (χ2n) is 5.29. The van der Waals surface area contributed by atoms with Crippen LogP contribution in [-0.2, 0) is 5.16 Å². The third kappa shape index (κ3) is 2.85. The van der Waals surface area contributed by atoms with Gasteiger partial charge in [0.15, 0.2) is 3.83 Å². The fourth-order valence-corrected chi connectivity index (χ4v) is 5.98. The molecule has 3 aromatic rings. The normalized spacial score (nSPS) is 12.2. The summed E-state index contributed by atoms with van der Waals surface area (Å²) in [5, 5.41) is -0.422. The smallest absolute Gasteiger partial charge is 0.172 e. The molecule has 0 saturated heterocycles. The number of rotatable bonds is 4. The van der Waals surface area contributed by atoms with Crippen LogP contribution < -0.4 is 0 Å². The van der Waals surface area contributed by atoms with Crippen molar-refractivity contribution in [2.45, 2.75) is 11.7 Å². The monoisotopic (exact) mass is 440 g/mol. The van der Waals surface area contributed by atoms with Crippen molar-refractivity contribution in [3.05, 3.63) is 87.5 Å². The van der Waals surface area contributed by atoms with Gasteiger partial charge in [-0.25, -0.2) is 13.8 Å². The van der Waals surface area contributed by atoms with Gasteiger partial charge in [0.1, 0.15) is 11.6 Å². The van der Waals surface area contributed by atoms with Gasteiger partial charge in [0.2, 0.25) is 0 Å². The van der Waals surface area contributed by atoms with Crippen molar-refractivity contribution in [3.63, 3.8) is 0 Å². The third-order valence-electron chi connectivity index (χ3n) is 4.16. The molecule has 0 amide bonds. The Morgan fingerprint density at radius 2 is 1.43 bits per heavy atom. The number of hydrogen-bond donors (Lipinski definition) is 0. The number of aromatic nitrogens is 2. The molecule has 0 aliphatic rings. The van der Waals surface area contributed by atoms with Gasteiger partial charge in [-0.2, -0.15) is 0 Å². The number of hydrogen-bond acceptors (Lipinski definition) is 1. The zero-order valence-electron chi connectivity index (χ0n) is 12.5. The molecule has 23 heavy (non-hydrogen) atoms. The van der Waals surface area contributed by atoms with Crippen LogP contribution in [0.2, 0.25) is 6.55 Å². The van der Waals surface area contributed by atoms with Crippen LogP contribution in [0.15, 0.2) is 60.9 Å². The first-order valence-electron chi connectivity index (χ1n) is 7.29. The second-order valence-corrected chi connectivity index (χ2v) is 7.99. The average molecular weight is 440 g/mol. The van der Waals surface area contributed by atoms with Gasteiger partial charge in [0.25, 0.3) is 0 Å². The minimum Gasteiger partial charge on any atom is -0.316 e. The fourth-order valence-electron chi connectivity index (χ4n) is 3.04. The highest BCUT2D eigenvalue weighted by molar-refractivity contribution is 14.1. The molecule has 0 bridgehead atoms. The van der Waals surface area contributed by atoms with E-state index in [1.807, 2.05) is 30.5 Å². The van der Waals surface area contributed by atoms with Crippen LogP contribution in [0.3, 0.4) is 0 Å². The van der Waals surface area contributed by atoms with Crippen LogP contribution in [0.4, 0.5) is 8.78 Å². The van der Waals surface area contributed by atoms with Gasteiger partial charge < -0.3 is 4.57 Å². The van der Waals surface area contributed by atoms with Crippen molar-refractivity contribution in [1.29, 1.82) is 0 Å². The zero-order valence-corrected chi connectivity index (χ0v) is 16.1. The summed E-state index contributed by atoms with van der Waals surface area (Å²) >= 11 is 2.20. The molecule has 0 aliphatic carbocycles. The number of benzene rings is 2. The van der Waals surface area contributed by atoms with Crippen molar-refractivity contribution in [2.75, 3.05) is 0 Å². The molecule has 2 nitrogen and oxygen atoms in total. The molecule has 1 heterocycles. The molecule has 0 atom stereocenters. The number of halogens is 3. The molecule has 0 N–H and O–H groups in total. The van der Waals surface area contributed by atoms with E-state index >= 15 is 0 Å². The average Bonchev–Trinajstić information content (AvgIpc) is 2.98. The van der Waals surface area contributed by atoms with Crippen molar-refractivity contribution >= 4 is 32.1 Å². The summed E-state index contributed by atoms with van der Waals surface area (Å²) in [5.74, 6) is -0.528. The lowest BCUT2D eigenvalue weighted by Gasteiger charge is -2.36. The van der Waals surface area contributed by atoms with Gasteiger partial charge in [-0.1, -0.05) is 30.8 Å². The minimum absolute atomic E-state index is 0.264. The van der Waals surface area contributed by atoms with E-state index in [-0.39, 0.29) is 11.6 Å². The van der Waals surface area contributed by atoms with Gasteiger partial charge in [-0.15, -0.1) is 0 Å². The molecule has 0 saturated carbocycles. The molecule has 0 aliphatic heterocycles. The van der Waals surface area contributed by atoms with E-state index in [1.54, 1.807) is 6.20 Å². The van der Waals surface area contributed by atoms with Gasteiger partial charge in [-0.05, 0) is 58.0 Å². The van der Waals surface area contributed by atoms with E-state index in [0.717, 1.165) is 15.0 Å². The van der Waals surface area contributed by atoms with E-state index < -0.39 is 14.7 Å². The molecule has 6 heteroatoms. The highest BCUT2D eigenvalue weighted by atomic mass is 127. The van der Waals surface area contributed by atoms with Crippen molar-refractivity contribution < 1.29 is 8.78 Å². The maximum absolute atomic E-state index is 13.4. The summed E-state index contributed by atoms with van der Waals surface area (Å²) in [6.07, 6.45) is 3.69. The molecular formula is C17H15F2IN2Si. The maximum atomic E-state index is 13.4. The highest BCUT2D eigenvalue weighted by Gasteiger charge is 2.35. The summed E-state index contributed by atoms with van der Waals surface area (Å²) in [6, 6.07) is 13.1. The Balaban J connectivity index is 2.29. The maximum Gasteiger partial charge on any atom is 0.172 e. The molecule has 0 fully saturated rings. The molecular weight excluding hydrogens is 425 g/mol. The molecule has 1 aromatic heterocycles. The second kappa shape index (κ2) is 6.52. The first-order chi connectivity index (χ1) is 11.1. The predicted octanol–water partition coefficient (Wildman–Crippen LogP) is 3.73. The topological polar surface area (TPSA) is 17.8 Å². The van der Waals surface area contributed by atoms with E-state index in [2.05, 4.69) is 38.7 Å². The number of nitrogens with zero attached hydrogens (tertiary/aromatic N) is 2. The lowest BCUT2D eigenvalue weighted by atomic mass is 9.97. The first-order valence-corrected chi connectivity index (χ1v) is 10.5. The Morgan fingerprint density at radius 3 is 1.78 bits per heavy atom. The molecule has 118 valence electrons. The largest absolute Gasteiger partial charge is 0.316 e. The van der Waals surface area contributed by atoms with E-state index in [1.165, 1.54) is 24.3 Å². The van der Waals surface area contributed by atoms with Crippen molar-refractivity contribution in [1.82, 2.24) is 9.55 Å². The fraction of sp³-hybridized carbons (Fsp3) is 0.118. The van der Waals surface area contributed by atoms with Gasteiger partial charge >= 0.3 is 0 Å². The van der Waals surface area contributed by atoms with Crippen LogP contribution in [-0.4, -0.2) is 19.1 Å². The summed E-state index contributed by atoms with van der Waals surface area (Å²) < 4.78 is 29.8. The minimum atomic E-state index is -0.717. The van der Waals surface area contributed by atoms with Crippen LogP contribution >= 0.6 is 22.6 Å². The first kappa shape index (κ1) is 16.3. The van der Waals surface area contributed by atoms with Gasteiger partial charge in [0, 0.05) is 12.4 Å². The summed E-state index contributed by atoms with van der Waals surface area (Å²) in [7, 11) is -0.717. The van der Waals surface area contributed by atoms with E-state index in [0.29, 0.717) is 0 Å². The van der Waals surface area contributed by atoms with E-state index in [9.17, 15) is 8.78 Å². The lowest BCUT2D eigenvalue weighted by Crippen LogP contribution is -2.41. The molecule has 3 rings (SSSR count). The van der Waals surface area contributed by atoms with Crippen LogP contribution in [0.5, 0.6) is 0 Å². The summed E-state index contributed by atoms with van der Waals surface area (Å²) in [5.41, 5.74) is 1.99. The SMILES string of the molecule is C[SiH2]C(c1ccc(F)cc1)(c1ccc(F)cc1)n1ccnc1I. The highest BCUT2D eigenvalue weighted by Crippen LogP contribution is 2.35. The molecule has 2 aromatic carbocycles. The predicted molar refractivity (Wildman–Crippen MR) is 98.3 cm³/mol. The van der Waals surface area contributed by atoms with Crippen LogP contribution in [0.1, 0.15) is 11.1 Å². The Kier molecular flexibility index (Phi) is 4.63. The van der Waals surface area contributed by atoms with Crippen molar-refractivity contribution in [3.8, 4) is 0 Å². The Labute approximate surface area is 149 Å². The Hall–Kier alpha value is -1.54. The quantitative estimate of drug-likeness (QED) is 0.447. The lowest BCUT2D eigenvalue weighted by molar-refractivity contribution is 0.571.